The molecule has 0 aliphatic carbocycles. The maximum Gasteiger partial charge on any atom is 0.410 e. The van der Waals surface area contributed by atoms with Gasteiger partial charge in [0.05, 0.1) is 11.1 Å². The van der Waals surface area contributed by atoms with Crippen LogP contribution in [-0.2, 0) is 4.74 Å². The van der Waals surface area contributed by atoms with E-state index in [0.29, 0.717) is 13.1 Å². The van der Waals surface area contributed by atoms with E-state index in [1.807, 2.05) is 0 Å². The molecule has 1 atom stereocenters. The summed E-state index contributed by atoms with van der Waals surface area (Å²) < 4.78 is 33.6. The largest absolute Gasteiger partial charge is 0.444 e. The van der Waals surface area contributed by atoms with Crippen LogP contribution >= 0.6 is 11.6 Å². The Hall–Kier alpha value is -1.40. The molecule has 1 N–H and O–H groups in total. The monoisotopic (exact) mass is 332 g/mol. The lowest BCUT2D eigenvalue weighted by molar-refractivity contribution is 0.0111. The highest BCUT2D eigenvalue weighted by Crippen LogP contribution is 2.31. The topological polar surface area (TPSA) is 41.6 Å². The molecule has 1 aliphatic heterocycles. The van der Waals surface area contributed by atoms with Crippen molar-refractivity contribution in [2.24, 2.45) is 0 Å². The second-order valence-corrected chi connectivity index (χ2v) is 6.56. The van der Waals surface area contributed by atoms with Crippen LogP contribution in [0.3, 0.4) is 0 Å². The van der Waals surface area contributed by atoms with Gasteiger partial charge in [-0.15, -0.1) is 0 Å². The van der Waals surface area contributed by atoms with Gasteiger partial charge < -0.3 is 10.1 Å². The van der Waals surface area contributed by atoms with Crippen LogP contribution in [0.25, 0.3) is 0 Å². The van der Waals surface area contributed by atoms with Crippen LogP contribution in [0.1, 0.15) is 32.4 Å². The van der Waals surface area contributed by atoms with Gasteiger partial charge in [0.15, 0.2) is 0 Å². The Morgan fingerprint density at radius 3 is 2.73 bits per heavy atom. The van der Waals surface area contributed by atoms with E-state index in [0.717, 1.165) is 12.1 Å². The lowest BCUT2D eigenvalue weighted by Crippen LogP contribution is -2.50. The molecule has 0 bridgehead atoms. The first-order valence-electron chi connectivity index (χ1n) is 7.04. The first kappa shape index (κ1) is 17.0. The van der Waals surface area contributed by atoms with E-state index in [-0.39, 0.29) is 17.1 Å². The number of amides is 1. The number of carbonyl (C=O) groups is 1. The third-order valence-electron chi connectivity index (χ3n) is 3.28. The number of carbonyl (C=O) groups excluding carboxylic acids is 1. The third kappa shape index (κ3) is 3.67. The van der Waals surface area contributed by atoms with E-state index in [1.54, 1.807) is 20.8 Å². The van der Waals surface area contributed by atoms with E-state index < -0.39 is 29.4 Å². The second-order valence-electron chi connectivity index (χ2n) is 6.15. The average molecular weight is 333 g/mol. The molecule has 0 saturated carbocycles. The molecule has 0 aromatic heterocycles. The summed E-state index contributed by atoms with van der Waals surface area (Å²) in [7, 11) is 0. The van der Waals surface area contributed by atoms with Crippen LogP contribution in [0.15, 0.2) is 12.1 Å². The molecule has 7 heteroatoms. The van der Waals surface area contributed by atoms with Crippen LogP contribution < -0.4 is 5.32 Å². The van der Waals surface area contributed by atoms with Crippen molar-refractivity contribution in [3.8, 4) is 0 Å². The quantitative estimate of drug-likeness (QED) is 0.800. The molecule has 1 heterocycles. The van der Waals surface area contributed by atoms with Gasteiger partial charge in [-0.25, -0.2) is 13.6 Å². The van der Waals surface area contributed by atoms with Crippen molar-refractivity contribution < 1.29 is 18.3 Å². The molecule has 1 aromatic carbocycles. The fourth-order valence-corrected chi connectivity index (χ4v) is 2.51. The highest BCUT2D eigenvalue weighted by atomic mass is 35.5. The smallest absolute Gasteiger partial charge is 0.410 e. The second kappa shape index (κ2) is 6.38. The molecule has 1 fully saturated rings. The lowest BCUT2D eigenvalue weighted by Gasteiger charge is -2.37. The average Bonchev–Trinajstić information content (AvgIpc) is 2.42. The van der Waals surface area contributed by atoms with Crippen molar-refractivity contribution in [2.75, 3.05) is 19.6 Å². The molecular formula is C15H19ClF2N2O2. The SMILES string of the molecule is CC(C)(C)OC(=O)N1CCNCC1c1c(F)ccc(Cl)c1F. The standard InChI is InChI=1S/C15H19ClF2N2O2/c1-15(2,3)22-14(21)20-7-6-19-8-11(20)12-10(17)5-4-9(16)13(12)18/h4-5,11,19H,6-8H2,1-3H3. The molecular weight excluding hydrogens is 314 g/mol. The van der Waals surface area contributed by atoms with Crippen LogP contribution in [0, 0.1) is 11.6 Å². The van der Waals surface area contributed by atoms with Crippen molar-refractivity contribution in [3.63, 3.8) is 0 Å². The molecule has 0 radical (unpaired) electrons. The molecule has 1 unspecified atom stereocenters. The molecule has 1 aliphatic rings. The van der Waals surface area contributed by atoms with Gasteiger partial charge in [0.2, 0.25) is 0 Å². The van der Waals surface area contributed by atoms with Gasteiger partial charge in [-0.3, -0.25) is 4.90 Å². The van der Waals surface area contributed by atoms with Crippen LogP contribution in [0.5, 0.6) is 0 Å². The predicted octanol–water partition coefficient (Wildman–Crippen LogP) is 3.50. The summed E-state index contributed by atoms with van der Waals surface area (Å²) >= 11 is 5.74. The van der Waals surface area contributed by atoms with E-state index >= 15 is 0 Å². The van der Waals surface area contributed by atoms with Crippen molar-refractivity contribution in [2.45, 2.75) is 32.4 Å². The number of halogens is 3. The minimum atomic E-state index is -0.844. The molecule has 22 heavy (non-hydrogen) atoms. The molecule has 122 valence electrons. The summed E-state index contributed by atoms with van der Waals surface area (Å²) in [5, 5.41) is 2.85. The van der Waals surface area contributed by atoms with Crippen molar-refractivity contribution in [1.29, 1.82) is 0 Å². The van der Waals surface area contributed by atoms with Crippen molar-refractivity contribution in [3.05, 3.63) is 34.4 Å². The minimum absolute atomic E-state index is 0.175. The summed E-state index contributed by atoms with van der Waals surface area (Å²) in [5.74, 6) is -1.58. The maximum absolute atomic E-state index is 14.2. The normalized spacial score (nSPS) is 19.2. The fourth-order valence-electron chi connectivity index (χ4n) is 2.35. The Kier molecular flexibility index (Phi) is 4.92. The first-order valence-corrected chi connectivity index (χ1v) is 7.42. The predicted molar refractivity (Wildman–Crippen MR) is 79.9 cm³/mol. The summed E-state index contributed by atoms with van der Waals surface area (Å²) in [6.45, 7) is 6.27. The van der Waals surface area contributed by atoms with Crippen molar-refractivity contribution in [1.82, 2.24) is 10.2 Å². The number of hydrogen-bond donors (Lipinski definition) is 1. The van der Waals surface area contributed by atoms with Gasteiger partial charge in [-0.2, -0.15) is 0 Å². The molecule has 1 saturated heterocycles. The number of rotatable bonds is 1. The number of piperazine rings is 1. The van der Waals surface area contributed by atoms with Gasteiger partial charge >= 0.3 is 6.09 Å². The number of ether oxygens (including phenoxy) is 1. The molecule has 4 nitrogen and oxygen atoms in total. The Balaban J connectivity index is 2.35. The van der Waals surface area contributed by atoms with Crippen molar-refractivity contribution >= 4 is 17.7 Å². The Labute approximate surface area is 133 Å². The summed E-state index contributed by atoms with van der Waals surface area (Å²) in [6, 6.07) is 1.45. The van der Waals surface area contributed by atoms with E-state index in [1.165, 1.54) is 4.90 Å². The zero-order valence-electron chi connectivity index (χ0n) is 12.8. The molecule has 1 aromatic rings. The Bertz CT molecular complexity index is 575. The third-order valence-corrected chi connectivity index (χ3v) is 3.58. The van der Waals surface area contributed by atoms with Gasteiger partial charge in [-0.1, -0.05) is 11.6 Å². The number of benzene rings is 1. The molecule has 1 amide bonds. The zero-order chi connectivity index (χ0) is 16.5. The summed E-state index contributed by atoms with van der Waals surface area (Å²) in [4.78, 5) is 13.6. The van der Waals surface area contributed by atoms with E-state index in [9.17, 15) is 13.6 Å². The van der Waals surface area contributed by atoms with Crippen LogP contribution in [-0.4, -0.2) is 36.2 Å². The minimum Gasteiger partial charge on any atom is -0.444 e. The zero-order valence-corrected chi connectivity index (χ0v) is 13.5. The number of nitrogens with zero attached hydrogens (tertiary/aromatic N) is 1. The van der Waals surface area contributed by atoms with Crippen LogP contribution in [0.2, 0.25) is 5.02 Å². The number of nitrogens with one attached hydrogen (secondary N) is 1. The fraction of sp³-hybridized carbons (Fsp3) is 0.533. The highest BCUT2D eigenvalue weighted by Gasteiger charge is 2.35. The molecule has 2 rings (SSSR count). The highest BCUT2D eigenvalue weighted by molar-refractivity contribution is 6.30. The lowest BCUT2D eigenvalue weighted by atomic mass is 10.0. The van der Waals surface area contributed by atoms with Crippen LogP contribution in [0.4, 0.5) is 13.6 Å². The Morgan fingerprint density at radius 2 is 2.09 bits per heavy atom. The molecule has 0 spiro atoms. The van der Waals surface area contributed by atoms with Gasteiger partial charge in [0.25, 0.3) is 0 Å². The van der Waals surface area contributed by atoms with Gasteiger partial charge in [0, 0.05) is 25.2 Å². The van der Waals surface area contributed by atoms with E-state index in [2.05, 4.69) is 5.32 Å². The van der Waals surface area contributed by atoms with E-state index in [4.69, 9.17) is 16.3 Å². The van der Waals surface area contributed by atoms with Gasteiger partial charge in [0.1, 0.15) is 17.2 Å². The summed E-state index contributed by atoms with van der Waals surface area (Å²) in [6.07, 6.45) is -0.599. The first-order chi connectivity index (χ1) is 10.2. The van der Waals surface area contributed by atoms with Gasteiger partial charge in [-0.05, 0) is 32.9 Å². The Morgan fingerprint density at radius 1 is 1.41 bits per heavy atom. The summed E-state index contributed by atoms with van der Waals surface area (Å²) in [5.41, 5.74) is -0.900. The number of hydrogen-bond acceptors (Lipinski definition) is 3. The maximum atomic E-state index is 14.2.